The first-order valence-corrected chi connectivity index (χ1v) is 12.9. The summed E-state index contributed by atoms with van der Waals surface area (Å²) >= 11 is 5.07. The molecule has 2 heterocycles. The van der Waals surface area contributed by atoms with Crippen LogP contribution in [-0.2, 0) is 12.8 Å². The maximum Gasteiger partial charge on any atom is 0.257 e. The first kappa shape index (κ1) is 23.5. The summed E-state index contributed by atoms with van der Waals surface area (Å²) in [6.07, 6.45) is 2.94. The number of benzene rings is 1. The second-order valence-corrected chi connectivity index (χ2v) is 12.0. The molecule has 0 radical (unpaired) electrons. The summed E-state index contributed by atoms with van der Waals surface area (Å²) in [5.41, 5.74) is 2.68. The van der Waals surface area contributed by atoms with Crippen LogP contribution in [0, 0.1) is 11.3 Å². The summed E-state index contributed by atoms with van der Waals surface area (Å²) in [6, 6.07) is 7.39. The summed E-state index contributed by atoms with van der Waals surface area (Å²) < 4.78 is 0.749. The summed E-state index contributed by atoms with van der Waals surface area (Å²) in [4.78, 5) is 32.2. The molecule has 2 aliphatic rings. The van der Waals surface area contributed by atoms with Gasteiger partial charge in [0.25, 0.3) is 11.8 Å². The van der Waals surface area contributed by atoms with Crippen molar-refractivity contribution in [2.24, 2.45) is 11.3 Å². The molecule has 1 aromatic carbocycles. The predicted octanol–water partition coefficient (Wildman–Crippen LogP) is 5.30. The first-order valence-electron chi connectivity index (χ1n) is 11.3. The quantitative estimate of drug-likeness (QED) is 0.600. The molecule has 1 aliphatic heterocycles. The van der Waals surface area contributed by atoms with Crippen LogP contribution in [0.4, 0.5) is 5.00 Å². The third kappa shape index (κ3) is 4.80. The molecule has 1 aromatic heterocycles. The van der Waals surface area contributed by atoms with Crippen LogP contribution in [0.15, 0.2) is 28.7 Å². The van der Waals surface area contributed by atoms with Crippen molar-refractivity contribution < 1.29 is 9.59 Å². The average Bonchev–Trinajstić information content (AvgIpc) is 3.10. The molecule has 32 heavy (non-hydrogen) atoms. The van der Waals surface area contributed by atoms with Crippen molar-refractivity contribution in [1.82, 2.24) is 9.80 Å². The number of nitrogens with one attached hydrogen (secondary N) is 1. The highest BCUT2D eigenvalue weighted by Gasteiger charge is 2.35. The number of carbonyl (C=O) groups is 2. The van der Waals surface area contributed by atoms with E-state index in [-0.39, 0.29) is 17.2 Å². The van der Waals surface area contributed by atoms with E-state index in [2.05, 4.69) is 54.0 Å². The first-order chi connectivity index (χ1) is 15.1. The van der Waals surface area contributed by atoms with Crippen LogP contribution in [0.3, 0.4) is 0 Å². The molecule has 1 N–H and O–H groups in total. The van der Waals surface area contributed by atoms with Crippen LogP contribution in [-0.4, -0.2) is 54.8 Å². The fraction of sp³-hybridized carbons (Fsp3) is 0.520. The van der Waals surface area contributed by atoms with Crippen molar-refractivity contribution in [3.63, 3.8) is 0 Å². The highest BCUT2D eigenvalue weighted by atomic mass is 79.9. The van der Waals surface area contributed by atoms with Crippen molar-refractivity contribution in [2.75, 3.05) is 38.5 Å². The zero-order valence-electron chi connectivity index (χ0n) is 19.3. The Hall–Kier alpha value is -1.70. The number of halogens is 1. The topological polar surface area (TPSA) is 52.6 Å². The lowest BCUT2D eigenvalue weighted by atomic mass is 9.72. The van der Waals surface area contributed by atoms with E-state index in [0.29, 0.717) is 16.5 Å². The maximum atomic E-state index is 13.7. The van der Waals surface area contributed by atoms with Crippen molar-refractivity contribution >= 4 is 44.1 Å². The second-order valence-electron chi connectivity index (χ2n) is 10.0. The van der Waals surface area contributed by atoms with Crippen LogP contribution >= 0.6 is 27.3 Å². The van der Waals surface area contributed by atoms with E-state index in [0.717, 1.165) is 61.0 Å². The molecular formula is C25H32BrN3O2S. The highest BCUT2D eigenvalue weighted by Crippen LogP contribution is 2.45. The molecule has 1 fully saturated rings. The maximum absolute atomic E-state index is 13.7. The van der Waals surface area contributed by atoms with Gasteiger partial charge in [-0.25, -0.2) is 0 Å². The van der Waals surface area contributed by atoms with E-state index < -0.39 is 0 Å². The number of amides is 2. The van der Waals surface area contributed by atoms with Crippen LogP contribution < -0.4 is 5.32 Å². The number of piperazine rings is 1. The summed E-state index contributed by atoms with van der Waals surface area (Å²) in [6.45, 7) is 10.1. The zero-order valence-corrected chi connectivity index (χ0v) is 21.7. The van der Waals surface area contributed by atoms with Gasteiger partial charge in [-0.2, -0.15) is 0 Å². The minimum absolute atomic E-state index is 0.0623. The van der Waals surface area contributed by atoms with Crippen LogP contribution in [0.5, 0.6) is 0 Å². The molecule has 0 saturated carbocycles. The molecule has 7 heteroatoms. The number of thiophene rings is 1. The highest BCUT2D eigenvalue weighted by molar-refractivity contribution is 9.10. The monoisotopic (exact) mass is 517 g/mol. The molecule has 2 amide bonds. The third-order valence-electron chi connectivity index (χ3n) is 6.84. The number of rotatable bonds is 3. The Morgan fingerprint density at radius 1 is 1.12 bits per heavy atom. The van der Waals surface area contributed by atoms with E-state index in [1.807, 2.05) is 23.1 Å². The Morgan fingerprint density at radius 2 is 1.81 bits per heavy atom. The minimum Gasteiger partial charge on any atom is -0.336 e. The van der Waals surface area contributed by atoms with Crippen molar-refractivity contribution in [3.05, 3.63) is 50.3 Å². The third-order valence-corrected chi connectivity index (χ3v) is 8.70. The van der Waals surface area contributed by atoms with Gasteiger partial charge in [0.05, 0.1) is 11.1 Å². The van der Waals surface area contributed by atoms with Gasteiger partial charge in [0.2, 0.25) is 0 Å². The smallest absolute Gasteiger partial charge is 0.257 e. The molecule has 1 aliphatic carbocycles. The van der Waals surface area contributed by atoms with Crippen LogP contribution in [0.1, 0.15) is 58.3 Å². The van der Waals surface area contributed by atoms with Gasteiger partial charge in [-0.3, -0.25) is 9.59 Å². The summed E-state index contributed by atoms with van der Waals surface area (Å²) in [7, 11) is 2.09. The van der Waals surface area contributed by atoms with Gasteiger partial charge in [-0.15, -0.1) is 11.3 Å². The number of fused-ring (bicyclic) bond motifs is 1. The zero-order chi connectivity index (χ0) is 23.0. The molecule has 1 saturated heterocycles. The van der Waals surface area contributed by atoms with E-state index in [1.165, 1.54) is 4.88 Å². The molecule has 0 bridgehead atoms. The number of carbonyl (C=O) groups excluding carboxylic acids is 2. The van der Waals surface area contributed by atoms with Crippen LogP contribution in [0.2, 0.25) is 0 Å². The Morgan fingerprint density at radius 3 is 2.47 bits per heavy atom. The van der Waals surface area contributed by atoms with E-state index in [4.69, 9.17) is 0 Å². The number of likely N-dealkylation sites (N-methyl/N-ethyl adjacent to an activating group) is 1. The average molecular weight is 519 g/mol. The number of nitrogens with zero attached hydrogens (tertiary/aromatic N) is 2. The number of hydrogen-bond acceptors (Lipinski definition) is 4. The molecule has 2 aromatic rings. The minimum atomic E-state index is -0.184. The molecule has 5 nitrogen and oxygen atoms in total. The van der Waals surface area contributed by atoms with E-state index in [9.17, 15) is 9.59 Å². The Bertz CT molecular complexity index is 1020. The fourth-order valence-electron chi connectivity index (χ4n) is 4.62. The van der Waals surface area contributed by atoms with Gasteiger partial charge in [0.1, 0.15) is 5.00 Å². The van der Waals surface area contributed by atoms with Gasteiger partial charge in [0, 0.05) is 35.5 Å². The lowest BCUT2D eigenvalue weighted by Crippen LogP contribution is -2.47. The molecule has 1 unspecified atom stereocenters. The molecule has 1 atom stereocenters. The van der Waals surface area contributed by atoms with Gasteiger partial charge in [0.15, 0.2) is 0 Å². The summed E-state index contributed by atoms with van der Waals surface area (Å²) in [5, 5.41) is 3.80. The SMILES string of the molecule is CN1CCN(C(=O)c2c(NC(=O)c3ccccc3Br)sc3c2CCC(C(C)(C)C)C3)CC1. The second kappa shape index (κ2) is 9.27. The van der Waals surface area contributed by atoms with Crippen LogP contribution in [0.25, 0.3) is 0 Å². The molecular weight excluding hydrogens is 486 g/mol. The standard InChI is InChI=1S/C25H32BrN3O2S/c1-25(2,3)16-9-10-18-20(15-16)32-23(27-22(30)17-7-5-6-8-19(17)26)21(18)24(31)29-13-11-28(4)12-14-29/h5-8,16H,9-15H2,1-4H3,(H,27,30). The van der Waals surface area contributed by atoms with Crippen molar-refractivity contribution in [1.29, 1.82) is 0 Å². The molecule has 172 valence electrons. The Labute approximate surface area is 203 Å². The molecule has 4 rings (SSSR count). The van der Waals surface area contributed by atoms with Gasteiger partial charge < -0.3 is 15.1 Å². The van der Waals surface area contributed by atoms with Gasteiger partial charge in [-0.1, -0.05) is 32.9 Å². The lowest BCUT2D eigenvalue weighted by molar-refractivity contribution is 0.0664. The predicted molar refractivity (Wildman–Crippen MR) is 135 cm³/mol. The molecule has 0 spiro atoms. The summed E-state index contributed by atoms with van der Waals surface area (Å²) in [5.74, 6) is 0.454. The lowest BCUT2D eigenvalue weighted by Gasteiger charge is -2.35. The number of hydrogen-bond donors (Lipinski definition) is 1. The van der Waals surface area contributed by atoms with Gasteiger partial charge >= 0.3 is 0 Å². The van der Waals surface area contributed by atoms with Crippen molar-refractivity contribution in [2.45, 2.75) is 40.0 Å². The Kier molecular flexibility index (Phi) is 6.80. The largest absolute Gasteiger partial charge is 0.336 e. The number of anilines is 1. The Balaban J connectivity index is 1.68. The normalized spacial score (nSPS) is 19.5. The van der Waals surface area contributed by atoms with Gasteiger partial charge in [-0.05, 0) is 71.3 Å². The van der Waals surface area contributed by atoms with Crippen molar-refractivity contribution in [3.8, 4) is 0 Å². The fourth-order valence-corrected chi connectivity index (χ4v) is 6.40. The van der Waals surface area contributed by atoms with E-state index in [1.54, 1.807) is 17.4 Å². The van der Waals surface area contributed by atoms with E-state index >= 15 is 0 Å².